The van der Waals surface area contributed by atoms with Crippen LogP contribution in [0, 0.1) is 10.2 Å². The third-order valence-corrected chi connectivity index (χ3v) is 9.46. The standard InChI is InChI=1S/C21H29N5O3S/c1-28-18-11-16-17(12-19(18)29-2)23-14-24-20(16)25-8-5-21(6-9-25)7-10-26(13-21)30(22,27)15-3-4-15/h11-12,14-15,22H,3-10,13H2,1-2H3/t30-/m1/s1. The van der Waals surface area contributed by atoms with Gasteiger partial charge in [-0.2, -0.15) is 0 Å². The number of ether oxygens (including phenoxy) is 2. The van der Waals surface area contributed by atoms with Crippen LogP contribution in [0.15, 0.2) is 18.5 Å². The number of nitrogens with one attached hydrogen (secondary N) is 1. The number of hydrogen-bond acceptors (Lipinski definition) is 7. The lowest BCUT2D eigenvalue weighted by Crippen LogP contribution is -2.43. The number of nitrogens with zero attached hydrogens (tertiary/aromatic N) is 4. The summed E-state index contributed by atoms with van der Waals surface area (Å²) in [4.78, 5) is 11.3. The molecule has 1 aromatic carbocycles. The number of hydrogen-bond donors (Lipinski definition) is 1. The van der Waals surface area contributed by atoms with E-state index in [1.165, 1.54) is 0 Å². The Morgan fingerprint density at radius 1 is 1.07 bits per heavy atom. The number of methoxy groups -OCH3 is 2. The van der Waals surface area contributed by atoms with Crippen molar-refractivity contribution in [2.24, 2.45) is 5.41 Å². The van der Waals surface area contributed by atoms with Crippen LogP contribution in [0.2, 0.25) is 0 Å². The molecule has 30 heavy (non-hydrogen) atoms. The molecule has 162 valence electrons. The van der Waals surface area contributed by atoms with E-state index in [0.717, 1.165) is 75.0 Å². The first kappa shape index (κ1) is 19.8. The number of fused-ring (bicyclic) bond motifs is 1. The van der Waals surface area contributed by atoms with Gasteiger partial charge in [-0.15, -0.1) is 0 Å². The Bertz CT molecular complexity index is 1060. The maximum atomic E-state index is 12.9. The van der Waals surface area contributed by atoms with Gasteiger partial charge >= 0.3 is 0 Å². The largest absolute Gasteiger partial charge is 0.493 e. The molecule has 2 saturated heterocycles. The summed E-state index contributed by atoms with van der Waals surface area (Å²) in [6.07, 6.45) is 6.61. The van der Waals surface area contributed by atoms with Crippen molar-refractivity contribution in [1.82, 2.24) is 14.3 Å². The van der Waals surface area contributed by atoms with E-state index >= 15 is 0 Å². The zero-order chi connectivity index (χ0) is 20.9. The summed E-state index contributed by atoms with van der Waals surface area (Å²) < 4.78 is 34.1. The Morgan fingerprint density at radius 2 is 1.73 bits per heavy atom. The number of anilines is 1. The highest BCUT2D eigenvalue weighted by atomic mass is 32.2. The highest BCUT2D eigenvalue weighted by molar-refractivity contribution is 7.91. The molecule has 2 aliphatic heterocycles. The molecular weight excluding hydrogens is 402 g/mol. The first-order chi connectivity index (χ1) is 14.5. The van der Waals surface area contributed by atoms with Crippen molar-refractivity contribution < 1.29 is 13.7 Å². The van der Waals surface area contributed by atoms with Crippen molar-refractivity contribution in [2.45, 2.75) is 37.4 Å². The average molecular weight is 432 g/mol. The van der Waals surface area contributed by atoms with Gasteiger partial charge in [0, 0.05) is 37.6 Å². The van der Waals surface area contributed by atoms with E-state index in [1.807, 2.05) is 16.4 Å². The molecule has 3 fully saturated rings. The Hall–Kier alpha value is -2.13. The zero-order valence-electron chi connectivity index (χ0n) is 17.6. The summed E-state index contributed by atoms with van der Waals surface area (Å²) in [6, 6.07) is 3.85. The second kappa shape index (κ2) is 7.23. The third kappa shape index (κ3) is 3.28. The lowest BCUT2D eigenvalue weighted by molar-refractivity contribution is 0.235. The Labute approximate surface area is 177 Å². The molecule has 9 heteroatoms. The first-order valence-corrected chi connectivity index (χ1v) is 12.2. The van der Waals surface area contributed by atoms with Crippen LogP contribution in [0.25, 0.3) is 10.9 Å². The van der Waals surface area contributed by atoms with Gasteiger partial charge in [0.15, 0.2) is 11.5 Å². The minimum absolute atomic E-state index is 0.104. The maximum absolute atomic E-state index is 12.9. The SMILES string of the molecule is COc1cc2ncnc(N3CCC4(CC3)CCN([S@@](=N)(=O)C3CC3)C4)c2cc1OC. The average Bonchev–Trinajstić information content (AvgIpc) is 3.55. The van der Waals surface area contributed by atoms with Crippen molar-refractivity contribution in [3.63, 3.8) is 0 Å². The van der Waals surface area contributed by atoms with E-state index in [2.05, 4.69) is 14.9 Å². The van der Waals surface area contributed by atoms with Gasteiger partial charge in [0.05, 0.1) is 25.0 Å². The molecule has 1 atom stereocenters. The predicted octanol–water partition coefficient (Wildman–Crippen LogP) is 3.06. The monoisotopic (exact) mass is 431 g/mol. The molecule has 1 spiro atoms. The van der Waals surface area contributed by atoms with Crippen LogP contribution in [0.4, 0.5) is 5.82 Å². The molecular formula is C21H29N5O3S. The van der Waals surface area contributed by atoms with E-state index < -0.39 is 9.92 Å². The molecule has 0 bridgehead atoms. The van der Waals surface area contributed by atoms with Crippen molar-refractivity contribution in [1.29, 1.82) is 4.78 Å². The van der Waals surface area contributed by atoms with Gasteiger partial charge in [-0.3, -0.25) is 0 Å². The van der Waals surface area contributed by atoms with Crippen molar-refractivity contribution in [2.75, 3.05) is 45.3 Å². The van der Waals surface area contributed by atoms with E-state index in [-0.39, 0.29) is 10.7 Å². The summed E-state index contributed by atoms with van der Waals surface area (Å²) in [5.74, 6) is 2.26. The second-order valence-electron chi connectivity index (χ2n) is 8.79. The van der Waals surface area contributed by atoms with Crippen LogP contribution in [0.3, 0.4) is 0 Å². The minimum atomic E-state index is -2.58. The molecule has 0 amide bonds. The van der Waals surface area contributed by atoms with Crippen molar-refractivity contribution in [3.05, 3.63) is 18.5 Å². The topological polar surface area (TPSA) is 91.6 Å². The fourth-order valence-corrected chi connectivity index (χ4v) is 6.97. The second-order valence-corrected chi connectivity index (χ2v) is 11.1. The summed E-state index contributed by atoms with van der Waals surface area (Å²) in [5.41, 5.74) is 1.02. The number of aromatic nitrogens is 2. The molecule has 1 saturated carbocycles. The van der Waals surface area contributed by atoms with Crippen LogP contribution in [-0.4, -0.2) is 64.1 Å². The predicted molar refractivity (Wildman–Crippen MR) is 117 cm³/mol. The van der Waals surface area contributed by atoms with Crippen molar-refractivity contribution in [3.8, 4) is 11.5 Å². The van der Waals surface area contributed by atoms with Crippen LogP contribution in [-0.2, 0) is 9.92 Å². The molecule has 1 aliphatic carbocycles. The lowest BCUT2D eigenvalue weighted by atomic mass is 9.78. The highest BCUT2D eigenvalue weighted by Crippen LogP contribution is 2.45. The summed E-state index contributed by atoms with van der Waals surface area (Å²) in [7, 11) is 0.682. The van der Waals surface area contributed by atoms with Gasteiger partial charge in [0.2, 0.25) is 0 Å². The van der Waals surface area contributed by atoms with Crippen LogP contribution < -0.4 is 14.4 Å². The summed E-state index contributed by atoms with van der Waals surface area (Å²) >= 11 is 0. The minimum Gasteiger partial charge on any atom is -0.493 e. The maximum Gasteiger partial charge on any atom is 0.162 e. The fourth-order valence-electron chi connectivity index (χ4n) is 4.95. The number of benzene rings is 1. The molecule has 0 radical (unpaired) electrons. The molecule has 0 unspecified atom stereocenters. The van der Waals surface area contributed by atoms with E-state index in [9.17, 15) is 4.21 Å². The first-order valence-electron chi connectivity index (χ1n) is 10.6. The normalized spacial score (nSPS) is 23.6. The third-order valence-electron chi connectivity index (χ3n) is 7.01. The Balaban J connectivity index is 1.35. The molecule has 1 N–H and O–H groups in total. The number of rotatable bonds is 5. The lowest BCUT2D eigenvalue weighted by Gasteiger charge is -2.40. The fraction of sp³-hybridized carbons (Fsp3) is 0.619. The zero-order valence-corrected chi connectivity index (χ0v) is 18.4. The molecule has 3 aliphatic rings. The van der Waals surface area contributed by atoms with Crippen LogP contribution in [0.5, 0.6) is 11.5 Å². The van der Waals surface area contributed by atoms with Gasteiger partial charge in [0.25, 0.3) is 0 Å². The molecule has 8 nitrogen and oxygen atoms in total. The summed E-state index contributed by atoms with van der Waals surface area (Å²) in [5, 5.41) is 1.06. The van der Waals surface area contributed by atoms with Gasteiger partial charge < -0.3 is 14.4 Å². The molecule has 1 aromatic heterocycles. The van der Waals surface area contributed by atoms with Gasteiger partial charge in [0.1, 0.15) is 22.1 Å². The van der Waals surface area contributed by atoms with E-state index in [1.54, 1.807) is 20.5 Å². The van der Waals surface area contributed by atoms with E-state index in [0.29, 0.717) is 11.5 Å². The Kier molecular flexibility index (Phi) is 4.77. The number of piperidine rings is 1. The van der Waals surface area contributed by atoms with Gasteiger partial charge in [-0.25, -0.2) is 23.3 Å². The van der Waals surface area contributed by atoms with Crippen LogP contribution >= 0.6 is 0 Å². The smallest absolute Gasteiger partial charge is 0.162 e. The van der Waals surface area contributed by atoms with E-state index in [4.69, 9.17) is 14.3 Å². The van der Waals surface area contributed by atoms with Gasteiger partial charge in [-0.05, 0) is 43.6 Å². The Morgan fingerprint density at radius 3 is 2.40 bits per heavy atom. The van der Waals surface area contributed by atoms with Crippen LogP contribution in [0.1, 0.15) is 32.1 Å². The van der Waals surface area contributed by atoms with Gasteiger partial charge in [-0.1, -0.05) is 0 Å². The molecule has 3 heterocycles. The molecule has 5 rings (SSSR count). The molecule has 2 aromatic rings. The quantitative estimate of drug-likeness (QED) is 0.782. The summed E-state index contributed by atoms with van der Waals surface area (Å²) in [6.45, 7) is 3.40. The highest BCUT2D eigenvalue weighted by Gasteiger charge is 2.46. The van der Waals surface area contributed by atoms with Crippen molar-refractivity contribution >= 4 is 26.6 Å².